The maximum atomic E-state index is 12.3. The zero-order chi connectivity index (χ0) is 19.3. The number of carbonyl (C=O) groups is 1. The summed E-state index contributed by atoms with van der Waals surface area (Å²) in [6.07, 6.45) is 15.2. The van der Waals surface area contributed by atoms with Crippen LogP contribution in [0.4, 0.5) is 5.69 Å². The molecule has 1 fully saturated rings. The minimum atomic E-state index is -0.514. The average Bonchev–Trinajstić information content (AvgIpc) is 2.66. The second-order valence-corrected chi connectivity index (χ2v) is 7.26. The van der Waals surface area contributed by atoms with Crippen LogP contribution in [0.5, 0.6) is 5.75 Å². The van der Waals surface area contributed by atoms with E-state index in [4.69, 9.17) is 0 Å². The molecule has 5 heteroatoms. The molecule has 1 aromatic carbocycles. The normalized spacial score (nSPS) is 17.8. The molecule has 0 unspecified atom stereocenters. The van der Waals surface area contributed by atoms with Crippen LogP contribution in [0.25, 0.3) is 0 Å². The molecule has 0 bridgehead atoms. The number of nitriles is 1. The first-order chi connectivity index (χ1) is 13.2. The van der Waals surface area contributed by atoms with Gasteiger partial charge in [0.1, 0.15) is 17.4 Å². The fourth-order valence-electron chi connectivity index (χ4n) is 3.45. The van der Waals surface area contributed by atoms with Crippen molar-refractivity contribution >= 4 is 11.6 Å². The van der Waals surface area contributed by atoms with Crippen molar-refractivity contribution in [2.45, 2.75) is 76.7 Å². The molecular weight excluding hydrogens is 338 g/mol. The minimum Gasteiger partial charge on any atom is -0.506 e. The number of aromatic hydroxyl groups is 1. The molecule has 2 rings (SSSR count). The molecule has 146 valence electrons. The lowest BCUT2D eigenvalue weighted by molar-refractivity contribution is -0.112. The summed E-state index contributed by atoms with van der Waals surface area (Å²) in [6, 6.07) is 8.74. The second-order valence-electron chi connectivity index (χ2n) is 7.26. The maximum absolute atomic E-state index is 12.3. The number of phenolic OH excluding ortho intramolecular Hbond substituents is 1. The third-order valence-electron chi connectivity index (χ3n) is 5.09. The molecule has 0 spiro atoms. The van der Waals surface area contributed by atoms with Gasteiger partial charge < -0.3 is 15.7 Å². The largest absolute Gasteiger partial charge is 0.506 e. The van der Waals surface area contributed by atoms with E-state index in [0.29, 0.717) is 11.7 Å². The number of anilines is 1. The Morgan fingerprint density at radius 1 is 1.00 bits per heavy atom. The number of carbonyl (C=O) groups excluding carboxylic acids is 1. The van der Waals surface area contributed by atoms with Gasteiger partial charge in [-0.05, 0) is 25.0 Å². The van der Waals surface area contributed by atoms with Crippen LogP contribution in [-0.2, 0) is 4.79 Å². The van der Waals surface area contributed by atoms with Gasteiger partial charge >= 0.3 is 0 Å². The number of phenols is 1. The maximum Gasteiger partial charge on any atom is 0.267 e. The highest BCUT2D eigenvalue weighted by atomic mass is 16.3. The van der Waals surface area contributed by atoms with E-state index in [9.17, 15) is 15.2 Å². The lowest BCUT2D eigenvalue weighted by atomic mass is 9.98. The van der Waals surface area contributed by atoms with Crippen LogP contribution >= 0.6 is 0 Å². The predicted octanol–water partition coefficient (Wildman–Crippen LogP) is 5.00. The lowest BCUT2D eigenvalue weighted by Crippen LogP contribution is -2.26. The third-order valence-corrected chi connectivity index (χ3v) is 5.09. The summed E-state index contributed by atoms with van der Waals surface area (Å²) in [6.45, 7) is 0. The smallest absolute Gasteiger partial charge is 0.267 e. The van der Waals surface area contributed by atoms with E-state index in [1.807, 2.05) is 6.07 Å². The highest BCUT2D eigenvalue weighted by Gasteiger charge is 2.13. The topological polar surface area (TPSA) is 85.2 Å². The molecule has 0 aliphatic heterocycles. The molecule has 0 atom stereocenters. The number of rotatable bonds is 4. The van der Waals surface area contributed by atoms with Crippen LogP contribution in [0, 0.1) is 11.3 Å². The molecule has 1 aromatic rings. The summed E-state index contributed by atoms with van der Waals surface area (Å²) in [5.41, 5.74) is 0.319. The zero-order valence-corrected chi connectivity index (χ0v) is 16.0. The van der Waals surface area contributed by atoms with Gasteiger partial charge in [-0.15, -0.1) is 0 Å². The molecule has 0 aromatic heterocycles. The molecule has 1 aliphatic rings. The number of hydrogen-bond donors (Lipinski definition) is 3. The Hall–Kier alpha value is -2.48. The molecule has 5 nitrogen and oxygen atoms in total. The van der Waals surface area contributed by atoms with E-state index < -0.39 is 5.91 Å². The van der Waals surface area contributed by atoms with Crippen LogP contribution in [0.3, 0.4) is 0 Å². The monoisotopic (exact) mass is 369 g/mol. The van der Waals surface area contributed by atoms with E-state index in [0.717, 1.165) is 12.8 Å². The van der Waals surface area contributed by atoms with Gasteiger partial charge in [-0.1, -0.05) is 69.9 Å². The quantitative estimate of drug-likeness (QED) is 0.396. The first-order valence-corrected chi connectivity index (χ1v) is 10.2. The van der Waals surface area contributed by atoms with Crippen molar-refractivity contribution in [2.24, 2.45) is 0 Å². The summed E-state index contributed by atoms with van der Waals surface area (Å²) in [7, 11) is 0. The first kappa shape index (κ1) is 20.8. The summed E-state index contributed by atoms with van der Waals surface area (Å²) in [5, 5.41) is 25.0. The molecule has 0 saturated heterocycles. The average molecular weight is 370 g/mol. The Kier molecular flexibility index (Phi) is 9.26. The minimum absolute atomic E-state index is 0.0179. The van der Waals surface area contributed by atoms with Gasteiger partial charge in [-0.2, -0.15) is 5.26 Å². The molecule has 3 N–H and O–H groups in total. The Morgan fingerprint density at radius 2 is 1.56 bits per heavy atom. The van der Waals surface area contributed by atoms with Crippen molar-refractivity contribution in [3.63, 3.8) is 0 Å². The number of nitrogens with one attached hydrogen (secondary N) is 2. The standard InChI is InChI=1S/C22H31N3O2/c23-16-18(22(27)25-20-14-10-11-15-21(20)26)17-24-19-12-8-6-4-2-1-3-5-7-9-13-19/h10-11,14-15,17,19,24,26H,1-9,12-13H2,(H,25,27)/b18-17-. The van der Waals surface area contributed by atoms with Crippen LogP contribution in [-0.4, -0.2) is 17.1 Å². The van der Waals surface area contributed by atoms with E-state index in [2.05, 4.69) is 10.6 Å². The van der Waals surface area contributed by atoms with E-state index >= 15 is 0 Å². The number of benzene rings is 1. The molecule has 0 radical (unpaired) electrons. The SMILES string of the molecule is N#C/C(=C/NC1CCCCCCCCCCC1)C(=O)Nc1ccccc1O. The molecular formula is C22H31N3O2. The van der Waals surface area contributed by atoms with Crippen LogP contribution in [0.2, 0.25) is 0 Å². The van der Waals surface area contributed by atoms with Crippen LogP contribution in [0.1, 0.15) is 70.6 Å². The van der Waals surface area contributed by atoms with Crippen molar-refractivity contribution < 1.29 is 9.90 Å². The van der Waals surface area contributed by atoms with Crippen molar-refractivity contribution in [1.82, 2.24) is 5.32 Å². The van der Waals surface area contributed by atoms with Gasteiger partial charge in [0.25, 0.3) is 5.91 Å². The van der Waals surface area contributed by atoms with Gasteiger partial charge in [0, 0.05) is 12.2 Å². The van der Waals surface area contributed by atoms with Gasteiger partial charge in [0.05, 0.1) is 5.69 Å². The highest BCUT2D eigenvalue weighted by molar-refractivity contribution is 6.07. The van der Waals surface area contributed by atoms with Crippen molar-refractivity contribution in [1.29, 1.82) is 5.26 Å². The highest BCUT2D eigenvalue weighted by Crippen LogP contribution is 2.22. The molecule has 27 heavy (non-hydrogen) atoms. The van der Waals surface area contributed by atoms with Crippen LogP contribution < -0.4 is 10.6 Å². The Labute approximate surface area is 162 Å². The van der Waals surface area contributed by atoms with E-state index in [1.165, 1.54) is 70.1 Å². The Balaban J connectivity index is 1.93. The summed E-state index contributed by atoms with van der Waals surface area (Å²) in [5.74, 6) is -0.532. The van der Waals surface area contributed by atoms with Crippen molar-refractivity contribution in [3.8, 4) is 11.8 Å². The van der Waals surface area contributed by atoms with Crippen molar-refractivity contribution in [3.05, 3.63) is 36.0 Å². The summed E-state index contributed by atoms with van der Waals surface area (Å²) in [4.78, 5) is 12.3. The fraction of sp³-hybridized carbons (Fsp3) is 0.545. The number of amides is 1. The lowest BCUT2D eigenvalue weighted by Gasteiger charge is -2.18. The summed E-state index contributed by atoms with van der Waals surface area (Å²) >= 11 is 0. The van der Waals surface area contributed by atoms with Gasteiger partial charge in [-0.3, -0.25) is 4.79 Å². The second kappa shape index (κ2) is 12.0. The van der Waals surface area contributed by atoms with Gasteiger partial charge in [0.2, 0.25) is 0 Å². The zero-order valence-electron chi connectivity index (χ0n) is 16.0. The predicted molar refractivity (Wildman–Crippen MR) is 108 cm³/mol. The number of nitrogens with zero attached hydrogens (tertiary/aromatic N) is 1. The van der Waals surface area contributed by atoms with Gasteiger partial charge in [0.15, 0.2) is 0 Å². The molecule has 0 heterocycles. The number of para-hydroxylation sites is 2. The van der Waals surface area contributed by atoms with Crippen molar-refractivity contribution in [2.75, 3.05) is 5.32 Å². The molecule has 1 amide bonds. The molecule has 1 saturated carbocycles. The van der Waals surface area contributed by atoms with Gasteiger partial charge in [-0.25, -0.2) is 0 Å². The van der Waals surface area contributed by atoms with E-state index in [1.54, 1.807) is 18.2 Å². The van der Waals surface area contributed by atoms with E-state index in [-0.39, 0.29) is 11.3 Å². The first-order valence-electron chi connectivity index (χ1n) is 10.2. The summed E-state index contributed by atoms with van der Waals surface area (Å²) < 4.78 is 0. The third kappa shape index (κ3) is 7.74. The number of hydrogen-bond acceptors (Lipinski definition) is 4. The van der Waals surface area contributed by atoms with Crippen LogP contribution in [0.15, 0.2) is 36.0 Å². The Bertz CT molecular complexity index is 652. The molecule has 1 aliphatic carbocycles. The fourth-order valence-corrected chi connectivity index (χ4v) is 3.45. The Morgan fingerprint density at radius 3 is 2.11 bits per heavy atom.